The number of hydrogen-bond donors (Lipinski definition) is 2. The van der Waals surface area contributed by atoms with Gasteiger partial charge < -0.3 is 9.84 Å². The van der Waals surface area contributed by atoms with Gasteiger partial charge in [-0.05, 0) is 24.5 Å². The van der Waals surface area contributed by atoms with Crippen LogP contribution in [0, 0.1) is 0 Å². The van der Waals surface area contributed by atoms with E-state index in [-0.39, 0.29) is 0 Å². The summed E-state index contributed by atoms with van der Waals surface area (Å²) in [5.41, 5.74) is 1.28. The highest BCUT2D eigenvalue weighted by Gasteiger charge is 2.31. The van der Waals surface area contributed by atoms with Crippen molar-refractivity contribution in [3.05, 3.63) is 35.4 Å². The first-order valence-corrected chi connectivity index (χ1v) is 6.57. The monoisotopic (exact) mass is 265 g/mol. The van der Waals surface area contributed by atoms with Crippen molar-refractivity contribution in [2.75, 3.05) is 7.11 Å². The van der Waals surface area contributed by atoms with Crippen LogP contribution in [0.3, 0.4) is 0 Å². The molecular formula is C15H23NO3. The minimum absolute atomic E-state index is 0.530. The van der Waals surface area contributed by atoms with E-state index in [4.69, 9.17) is 4.74 Å². The number of nitrogens with one attached hydrogen (secondary N) is 1. The molecule has 0 bridgehead atoms. The molecular weight excluding hydrogens is 242 g/mol. The van der Waals surface area contributed by atoms with Crippen molar-refractivity contribution in [3.63, 3.8) is 0 Å². The zero-order valence-electron chi connectivity index (χ0n) is 11.9. The number of benzene rings is 1. The zero-order valence-corrected chi connectivity index (χ0v) is 11.9. The van der Waals surface area contributed by atoms with E-state index in [9.17, 15) is 9.90 Å². The minimum atomic E-state index is -0.880. The number of hydrogen-bond acceptors (Lipinski definition) is 3. The van der Waals surface area contributed by atoms with E-state index in [0.29, 0.717) is 19.6 Å². The molecule has 1 aromatic rings. The van der Waals surface area contributed by atoms with E-state index in [1.807, 2.05) is 31.2 Å². The number of ether oxygens (including phenoxy) is 1. The van der Waals surface area contributed by atoms with Gasteiger partial charge in [-0.2, -0.15) is 0 Å². The predicted molar refractivity (Wildman–Crippen MR) is 74.9 cm³/mol. The van der Waals surface area contributed by atoms with E-state index < -0.39 is 11.5 Å². The van der Waals surface area contributed by atoms with Gasteiger partial charge in [-0.1, -0.05) is 37.6 Å². The molecule has 0 aliphatic heterocycles. The Morgan fingerprint density at radius 2 is 2.00 bits per heavy atom. The highest BCUT2D eigenvalue weighted by atomic mass is 16.5. The largest absolute Gasteiger partial charge is 0.480 e. The number of methoxy groups -OCH3 is 1. The van der Waals surface area contributed by atoms with Crippen LogP contribution >= 0.6 is 0 Å². The van der Waals surface area contributed by atoms with Crippen molar-refractivity contribution in [1.29, 1.82) is 0 Å². The summed E-state index contributed by atoms with van der Waals surface area (Å²) >= 11 is 0. The topological polar surface area (TPSA) is 58.6 Å². The van der Waals surface area contributed by atoms with Crippen LogP contribution in [0.5, 0.6) is 0 Å². The maximum Gasteiger partial charge on any atom is 0.323 e. The van der Waals surface area contributed by atoms with Gasteiger partial charge in [0.05, 0.1) is 6.61 Å². The van der Waals surface area contributed by atoms with Gasteiger partial charge in [0.1, 0.15) is 5.54 Å². The third-order valence-corrected chi connectivity index (χ3v) is 3.31. The van der Waals surface area contributed by atoms with E-state index in [1.165, 1.54) is 0 Å². The molecule has 0 amide bonds. The van der Waals surface area contributed by atoms with Gasteiger partial charge in [0.2, 0.25) is 0 Å². The van der Waals surface area contributed by atoms with E-state index in [1.54, 1.807) is 14.0 Å². The Morgan fingerprint density at radius 3 is 2.53 bits per heavy atom. The summed E-state index contributed by atoms with van der Waals surface area (Å²) in [5.74, 6) is -0.807. The first kappa shape index (κ1) is 15.7. The molecule has 0 radical (unpaired) electrons. The molecule has 106 valence electrons. The Bertz CT molecular complexity index is 420. The van der Waals surface area contributed by atoms with Crippen LogP contribution in [-0.4, -0.2) is 23.7 Å². The van der Waals surface area contributed by atoms with Crippen molar-refractivity contribution < 1.29 is 14.6 Å². The Morgan fingerprint density at radius 1 is 1.37 bits per heavy atom. The summed E-state index contributed by atoms with van der Waals surface area (Å²) in [7, 11) is 1.66. The molecule has 0 saturated carbocycles. The number of carboxylic acid groups (broad SMARTS) is 1. The van der Waals surface area contributed by atoms with Gasteiger partial charge >= 0.3 is 5.97 Å². The summed E-state index contributed by atoms with van der Waals surface area (Å²) < 4.78 is 5.15. The quantitative estimate of drug-likeness (QED) is 0.758. The van der Waals surface area contributed by atoms with Gasteiger partial charge in [-0.15, -0.1) is 0 Å². The van der Waals surface area contributed by atoms with Crippen LogP contribution in [0.25, 0.3) is 0 Å². The summed E-state index contributed by atoms with van der Waals surface area (Å²) in [6.45, 7) is 4.79. The smallest absolute Gasteiger partial charge is 0.323 e. The van der Waals surface area contributed by atoms with Gasteiger partial charge in [0.15, 0.2) is 0 Å². The predicted octanol–water partition coefficient (Wildman–Crippen LogP) is 2.57. The summed E-state index contributed by atoms with van der Waals surface area (Å²) in [6.07, 6.45) is 1.43. The molecule has 19 heavy (non-hydrogen) atoms. The lowest BCUT2D eigenvalue weighted by Gasteiger charge is -2.26. The number of carboxylic acids is 1. The highest BCUT2D eigenvalue weighted by Crippen LogP contribution is 2.16. The molecule has 0 aromatic heterocycles. The summed E-state index contributed by atoms with van der Waals surface area (Å²) in [5, 5.41) is 12.5. The lowest BCUT2D eigenvalue weighted by molar-refractivity contribution is -0.144. The Balaban J connectivity index is 2.77. The second-order valence-corrected chi connectivity index (χ2v) is 4.94. The van der Waals surface area contributed by atoms with Crippen LogP contribution in [0.1, 0.15) is 37.8 Å². The van der Waals surface area contributed by atoms with Gasteiger partial charge in [0, 0.05) is 13.7 Å². The third kappa shape index (κ3) is 4.33. The molecule has 4 heteroatoms. The Kier molecular flexibility index (Phi) is 5.99. The van der Waals surface area contributed by atoms with Crippen LogP contribution in [0.4, 0.5) is 0 Å². The first-order valence-electron chi connectivity index (χ1n) is 6.57. The first-order chi connectivity index (χ1) is 9.03. The molecule has 0 saturated heterocycles. The molecule has 1 atom stereocenters. The van der Waals surface area contributed by atoms with Gasteiger partial charge in [-0.3, -0.25) is 10.1 Å². The molecule has 0 heterocycles. The van der Waals surface area contributed by atoms with E-state index >= 15 is 0 Å². The maximum atomic E-state index is 11.4. The van der Waals surface area contributed by atoms with Crippen molar-refractivity contribution in [3.8, 4) is 0 Å². The molecule has 1 rings (SSSR count). The van der Waals surface area contributed by atoms with Crippen LogP contribution in [0.2, 0.25) is 0 Å². The molecule has 0 aliphatic carbocycles. The highest BCUT2D eigenvalue weighted by molar-refractivity contribution is 5.78. The third-order valence-electron chi connectivity index (χ3n) is 3.31. The Labute approximate surface area is 114 Å². The van der Waals surface area contributed by atoms with Gasteiger partial charge in [-0.25, -0.2) is 0 Å². The number of aliphatic carboxylic acids is 1. The van der Waals surface area contributed by atoms with Crippen LogP contribution in [-0.2, 0) is 22.7 Å². The summed E-state index contributed by atoms with van der Waals surface area (Å²) in [6, 6.07) is 7.91. The van der Waals surface area contributed by atoms with Crippen molar-refractivity contribution >= 4 is 5.97 Å². The zero-order chi connectivity index (χ0) is 14.3. The molecule has 4 nitrogen and oxygen atoms in total. The molecule has 0 aliphatic rings. The fourth-order valence-corrected chi connectivity index (χ4v) is 2.09. The number of carbonyl (C=O) groups is 1. The standard InChI is InChI=1S/C15H23NO3/c1-4-9-15(2,14(17)18)16-10-12-7-5-6-8-13(12)11-19-3/h5-8,16H,4,9-11H2,1-3H3,(H,17,18). The maximum absolute atomic E-state index is 11.4. The molecule has 1 unspecified atom stereocenters. The van der Waals surface area contributed by atoms with Crippen LogP contribution in [0.15, 0.2) is 24.3 Å². The fourth-order valence-electron chi connectivity index (χ4n) is 2.09. The minimum Gasteiger partial charge on any atom is -0.480 e. The van der Waals surface area contributed by atoms with E-state index in [2.05, 4.69) is 5.32 Å². The average Bonchev–Trinajstić information content (AvgIpc) is 2.38. The molecule has 0 spiro atoms. The number of rotatable bonds is 8. The average molecular weight is 265 g/mol. The van der Waals surface area contributed by atoms with Crippen molar-refractivity contribution in [1.82, 2.24) is 5.32 Å². The van der Waals surface area contributed by atoms with Crippen LogP contribution < -0.4 is 5.32 Å². The second-order valence-electron chi connectivity index (χ2n) is 4.94. The van der Waals surface area contributed by atoms with E-state index in [0.717, 1.165) is 17.5 Å². The molecule has 1 aromatic carbocycles. The molecule has 2 N–H and O–H groups in total. The Hall–Kier alpha value is -1.39. The summed E-state index contributed by atoms with van der Waals surface area (Å²) in [4.78, 5) is 11.4. The normalized spacial score (nSPS) is 14.1. The van der Waals surface area contributed by atoms with Gasteiger partial charge in [0.25, 0.3) is 0 Å². The van der Waals surface area contributed by atoms with Crippen molar-refractivity contribution in [2.24, 2.45) is 0 Å². The lowest BCUT2D eigenvalue weighted by atomic mass is 9.95. The molecule has 0 fully saturated rings. The fraction of sp³-hybridized carbons (Fsp3) is 0.533. The second kappa shape index (κ2) is 7.26. The van der Waals surface area contributed by atoms with Crippen molar-refractivity contribution in [2.45, 2.75) is 45.4 Å². The lowest BCUT2D eigenvalue weighted by Crippen LogP contribution is -2.49. The SMILES string of the molecule is CCCC(C)(NCc1ccccc1COC)C(=O)O.